The Bertz CT molecular complexity index is 727. The second kappa shape index (κ2) is 8.66. The van der Waals surface area contributed by atoms with Crippen LogP contribution in [-0.4, -0.2) is 66.3 Å². The highest BCUT2D eigenvalue weighted by atomic mass is 35.5. The number of hydrogen-bond donors (Lipinski definition) is 0. The average molecular weight is 426 g/mol. The van der Waals surface area contributed by atoms with Crippen molar-refractivity contribution in [2.45, 2.75) is 65.0 Å². The number of aromatic nitrogens is 1. The number of piperazine rings is 1. The van der Waals surface area contributed by atoms with E-state index in [2.05, 4.69) is 9.88 Å². The number of anilines is 1. The zero-order chi connectivity index (χ0) is 21.2. The Morgan fingerprint density at radius 3 is 2.55 bits per heavy atom. The van der Waals surface area contributed by atoms with Crippen molar-refractivity contribution in [1.29, 1.82) is 0 Å². The van der Waals surface area contributed by atoms with Crippen molar-refractivity contribution >= 4 is 23.5 Å². The standard InChI is InChI=1S/C21H32ClN3O4/c1-20(2,3)29-19(26)25-10-8-24(9-11-25)18-17(22)12-15(13-23-18)6-7-16-14-27-21(4,5)28-16/h12-13,16H,6-11,14H2,1-5H3/t16-/m0/s1. The summed E-state index contributed by atoms with van der Waals surface area (Å²) in [5.41, 5.74) is 0.597. The topological polar surface area (TPSA) is 64.1 Å². The van der Waals surface area contributed by atoms with E-state index in [9.17, 15) is 4.79 Å². The lowest BCUT2D eigenvalue weighted by molar-refractivity contribution is -0.138. The molecule has 7 nitrogen and oxygen atoms in total. The number of halogens is 1. The third-order valence-corrected chi connectivity index (χ3v) is 5.21. The van der Waals surface area contributed by atoms with Crippen molar-refractivity contribution in [1.82, 2.24) is 9.88 Å². The highest BCUT2D eigenvalue weighted by molar-refractivity contribution is 6.33. The maximum absolute atomic E-state index is 12.2. The largest absolute Gasteiger partial charge is 0.444 e. The third-order valence-electron chi connectivity index (χ3n) is 4.93. The molecule has 0 unspecified atom stereocenters. The summed E-state index contributed by atoms with van der Waals surface area (Å²) >= 11 is 6.52. The lowest BCUT2D eigenvalue weighted by Gasteiger charge is -2.36. The molecule has 2 aliphatic rings. The van der Waals surface area contributed by atoms with Gasteiger partial charge in [0.05, 0.1) is 17.7 Å². The van der Waals surface area contributed by atoms with Crippen LogP contribution in [0.4, 0.5) is 10.6 Å². The van der Waals surface area contributed by atoms with Crippen LogP contribution >= 0.6 is 11.6 Å². The van der Waals surface area contributed by atoms with Gasteiger partial charge in [0, 0.05) is 32.4 Å². The van der Waals surface area contributed by atoms with Crippen LogP contribution in [0.5, 0.6) is 0 Å². The fraction of sp³-hybridized carbons (Fsp3) is 0.714. The van der Waals surface area contributed by atoms with Gasteiger partial charge in [-0.3, -0.25) is 0 Å². The minimum absolute atomic E-state index is 0.101. The highest BCUT2D eigenvalue weighted by Gasteiger charge is 2.32. The smallest absolute Gasteiger partial charge is 0.410 e. The molecule has 2 saturated heterocycles. The number of amides is 1. The molecule has 1 aromatic heterocycles. The SMILES string of the molecule is CC(C)(C)OC(=O)N1CCN(c2ncc(CC[C@H]3COC(C)(C)O3)cc2Cl)CC1. The Morgan fingerprint density at radius 1 is 1.31 bits per heavy atom. The van der Waals surface area contributed by atoms with E-state index >= 15 is 0 Å². The number of carbonyl (C=O) groups excluding carboxylic acids is 1. The average Bonchev–Trinajstić information content (AvgIpc) is 2.98. The maximum atomic E-state index is 12.2. The number of hydrogen-bond acceptors (Lipinski definition) is 6. The van der Waals surface area contributed by atoms with Gasteiger partial charge in [-0.2, -0.15) is 0 Å². The molecule has 1 aromatic rings. The summed E-state index contributed by atoms with van der Waals surface area (Å²) in [5.74, 6) is 0.270. The first-order valence-corrected chi connectivity index (χ1v) is 10.6. The molecule has 8 heteroatoms. The lowest BCUT2D eigenvalue weighted by atomic mass is 10.1. The van der Waals surface area contributed by atoms with E-state index in [1.54, 1.807) is 4.90 Å². The van der Waals surface area contributed by atoms with Gasteiger partial charge in [0.15, 0.2) is 5.79 Å². The van der Waals surface area contributed by atoms with E-state index in [0.717, 1.165) is 24.2 Å². The van der Waals surface area contributed by atoms with E-state index in [4.69, 9.17) is 25.8 Å². The lowest BCUT2D eigenvalue weighted by Crippen LogP contribution is -2.50. The molecule has 162 valence electrons. The Hall–Kier alpha value is -1.57. The minimum atomic E-state index is -0.494. The molecule has 3 heterocycles. The molecule has 0 aliphatic carbocycles. The van der Waals surface area contributed by atoms with Gasteiger partial charge in [-0.05, 0) is 59.1 Å². The van der Waals surface area contributed by atoms with Crippen LogP contribution in [0.15, 0.2) is 12.3 Å². The van der Waals surface area contributed by atoms with Gasteiger partial charge in [-0.15, -0.1) is 0 Å². The normalized spacial score (nSPS) is 22.1. The molecule has 3 rings (SSSR count). The van der Waals surface area contributed by atoms with E-state index < -0.39 is 11.4 Å². The molecule has 1 amide bonds. The van der Waals surface area contributed by atoms with Gasteiger partial charge in [-0.1, -0.05) is 11.6 Å². The molecule has 0 bridgehead atoms. The van der Waals surface area contributed by atoms with Crippen molar-refractivity contribution in [2.75, 3.05) is 37.7 Å². The van der Waals surface area contributed by atoms with Gasteiger partial charge in [0.2, 0.25) is 0 Å². The van der Waals surface area contributed by atoms with Gasteiger partial charge < -0.3 is 24.0 Å². The van der Waals surface area contributed by atoms with Gasteiger partial charge in [-0.25, -0.2) is 9.78 Å². The fourth-order valence-electron chi connectivity index (χ4n) is 3.50. The van der Waals surface area contributed by atoms with Gasteiger partial charge >= 0.3 is 6.09 Å². The summed E-state index contributed by atoms with van der Waals surface area (Å²) in [7, 11) is 0. The molecule has 2 aliphatic heterocycles. The van der Waals surface area contributed by atoms with Crippen LogP contribution in [0.1, 0.15) is 46.6 Å². The minimum Gasteiger partial charge on any atom is -0.444 e. The molecule has 29 heavy (non-hydrogen) atoms. The van der Waals surface area contributed by atoms with Gasteiger partial charge in [0.1, 0.15) is 11.4 Å². The Balaban J connectivity index is 1.51. The van der Waals surface area contributed by atoms with E-state index in [1.807, 2.05) is 46.9 Å². The van der Waals surface area contributed by atoms with Crippen LogP contribution < -0.4 is 4.90 Å². The molecule has 0 radical (unpaired) electrons. The van der Waals surface area contributed by atoms with E-state index in [-0.39, 0.29) is 12.2 Å². The number of rotatable bonds is 4. The number of ether oxygens (including phenoxy) is 3. The summed E-state index contributed by atoms with van der Waals surface area (Å²) in [5, 5.41) is 0.636. The van der Waals surface area contributed by atoms with Crippen molar-refractivity contribution in [3.8, 4) is 0 Å². The summed E-state index contributed by atoms with van der Waals surface area (Å²) in [6, 6.07) is 1.98. The summed E-state index contributed by atoms with van der Waals surface area (Å²) in [4.78, 5) is 20.7. The van der Waals surface area contributed by atoms with Crippen LogP contribution in [0, 0.1) is 0 Å². The van der Waals surface area contributed by atoms with Crippen LogP contribution in [-0.2, 0) is 20.6 Å². The van der Waals surface area contributed by atoms with Crippen molar-refractivity contribution in [3.63, 3.8) is 0 Å². The molecule has 0 spiro atoms. The van der Waals surface area contributed by atoms with Crippen molar-refractivity contribution in [3.05, 3.63) is 22.8 Å². The molecule has 0 N–H and O–H groups in total. The highest BCUT2D eigenvalue weighted by Crippen LogP contribution is 2.28. The van der Waals surface area contributed by atoms with E-state index in [1.165, 1.54) is 0 Å². The number of aryl methyl sites for hydroxylation is 1. The summed E-state index contributed by atoms with van der Waals surface area (Å²) in [6.45, 7) is 12.6. The first-order chi connectivity index (χ1) is 13.5. The fourth-order valence-corrected chi connectivity index (χ4v) is 3.81. The second-order valence-electron chi connectivity index (χ2n) is 9.09. The van der Waals surface area contributed by atoms with Crippen LogP contribution in [0.2, 0.25) is 5.02 Å². The predicted octanol–water partition coefficient (Wildman–Crippen LogP) is 3.88. The zero-order valence-corrected chi connectivity index (χ0v) is 18.8. The second-order valence-corrected chi connectivity index (χ2v) is 9.50. The van der Waals surface area contributed by atoms with Crippen LogP contribution in [0.25, 0.3) is 0 Å². The predicted molar refractivity (Wildman–Crippen MR) is 112 cm³/mol. The Kier molecular flexibility index (Phi) is 6.61. The monoisotopic (exact) mass is 425 g/mol. The summed E-state index contributed by atoms with van der Waals surface area (Å²) < 4.78 is 16.9. The number of nitrogens with zero attached hydrogens (tertiary/aromatic N) is 3. The Labute approximate surface area is 178 Å². The molecular weight excluding hydrogens is 394 g/mol. The van der Waals surface area contributed by atoms with Crippen LogP contribution in [0.3, 0.4) is 0 Å². The molecular formula is C21H32ClN3O4. The molecule has 1 atom stereocenters. The molecule has 0 aromatic carbocycles. The Morgan fingerprint density at radius 2 is 2.00 bits per heavy atom. The number of pyridine rings is 1. The van der Waals surface area contributed by atoms with Crippen molar-refractivity contribution < 1.29 is 19.0 Å². The van der Waals surface area contributed by atoms with Crippen molar-refractivity contribution in [2.24, 2.45) is 0 Å². The molecule has 0 saturated carbocycles. The zero-order valence-electron chi connectivity index (χ0n) is 18.0. The number of carbonyl (C=O) groups is 1. The quantitative estimate of drug-likeness (QED) is 0.729. The maximum Gasteiger partial charge on any atom is 0.410 e. The molecule has 2 fully saturated rings. The first kappa shape index (κ1) is 22.1. The van der Waals surface area contributed by atoms with Gasteiger partial charge in [0.25, 0.3) is 0 Å². The van der Waals surface area contributed by atoms with E-state index in [0.29, 0.717) is 37.8 Å². The third kappa shape index (κ3) is 6.20. The first-order valence-electron chi connectivity index (χ1n) is 10.2. The summed E-state index contributed by atoms with van der Waals surface area (Å²) in [6.07, 6.45) is 3.42.